The molecule has 0 N–H and O–H groups in total. The molecule has 27 heavy (non-hydrogen) atoms. The molecule has 0 aliphatic carbocycles. The molecule has 3 rings (SSSR count). The summed E-state index contributed by atoms with van der Waals surface area (Å²) in [5.41, 5.74) is 2.01. The van der Waals surface area contributed by atoms with Gasteiger partial charge in [-0.05, 0) is 57.7 Å². The lowest BCUT2D eigenvalue weighted by molar-refractivity contribution is 0.241. The van der Waals surface area contributed by atoms with Gasteiger partial charge in [-0.1, -0.05) is 25.1 Å². The molecule has 0 spiro atoms. The summed E-state index contributed by atoms with van der Waals surface area (Å²) in [6, 6.07) is 11.5. The first kappa shape index (κ1) is 19.2. The molecule has 0 amide bonds. The zero-order valence-corrected chi connectivity index (χ0v) is 17.2. The van der Waals surface area contributed by atoms with E-state index in [4.69, 9.17) is 18.7 Å². The minimum atomic E-state index is 0.180. The maximum Gasteiger partial charge on any atom is 0.264 e. The summed E-state index contributed by atoms with van der Waals surface area (Å²) in [5, 5.41) is 4.02. The van der Waals surface area contributed by atoms with E-state index in [2.05, 4.69) is 46.0 Å². The Labute approximate surface area is 166 Å². The summed E-state index contributed by atoms with van der Waals surface area (Å²) in [5.74, 6) is 3.28. The molecular formula is C20H21BrN2O4. The fourth-order valence-electron chi connectivity index (χ4n) is 2.54. The van der Waals surface area contributed by atoms with Crippen LogP contribution in [0.1, 0.15) is 31.2 Å². The molecule has 0 saturated carbocycles. The highest BCUT2D eigenvalue weighted by Gasteiger charge is 2.13. The normalized spacial score (nSPS) is 10.9. The fraction of sp³-hybridized carbons (Fsp3) is 0.300. The van der Waals surface area contributed by atoms with E-state index in [0.717, 1.165) is 15.8 Å². The molecule has 3 aromatic rings. The maximum absolute atomic E-state index is 5.80. The molecule has 6 nitrogen and oxygen atoms in total. The van der Waals surface area contributed by atoms with Gasteiger partial charge >= 0.3 is 0 Å². The van der Waals surface area contributed by atoms with Crippen LogP contribution in [0.2, 0.25) is 0 Å². The van der Waals surface area contributed by atoms with Crippen molar-refractivity contribution in [2.45, 2.75) is 26.4 Å². The Morgan fingerprint density at radius 1 is 1.00 bits per heavy atom. The van der Waals surface area contributed by atoms with Gasteiger partial charge in [0.25, 0.3) is 5.89 Å². The van der Waals surface area contributed by atoms with Gasteiger partial charge in [0.05, 0.1) is 18.7 Å². The molecular weight excluding hydrogens is 412 g/mol. The SMILES string of the molecule is COc1ccc(-c2noc(COc3ccc(C(C)C)cc3Br)n2)cc1OC. The van der Waals surface area contributed by atoms with E-state index in [-0.39, 0.29) is 6.61 Å². The molecule has 7 heteroatoms. The van der Waals surface area contributed by atoms with Crippen molar-refractivity contribution in [1.82, 2.24) is 10.1 Å². The Balaban J connectivity index is 1.72. The number of methoxy groups -OCH3 is 2. The van der Waals surface area contributed by atoms with Crippen LogP contribution in [0.25, 0.3) is 11.4 Å². The molecule has 0 radical (unpaired) electrons. The predicted molar refractivity (Wildman–Crippen MR) is 105 cm³/mol. The van der Waals surface area contributed by atoms with E-state index in [1.54, 1.807) is 26.4 Å². The summed E-state index contributed by atoms with van der Waals surface area (Å²) >= 11 is 3.54. The first-order chi connectivity index (χ1) is 13.0. The lowest BCUT2D eigenvalue weighted by Crippen LogP contribution is -1.97. The van der Waals surface area contributed by atoms with Crippen LogP contribution in [0.4, 0.5) is 0 Å². The van der Waals surface area contributed by atoms with Crippen LogP contribution in [0, 0.1) is 0 Å². The zero-order chi connectivity index (χ0) is 19.4. The van der Waals surface area contributed by atoms with Crippen molar-refractivity contribution in [3.05, 3.63) is 52.3 Å². The van der Waals surface area contributed by atoms with Crippen molar-refractivity contribution in [2.24, 2.45) is 0 Å². The van der Waals surface area contributed by atoms with Crippen LogP contribution in [0.15, 0.2) is 45.4 Å². The van der Waals surface area contributed by atoms with Gasteiger partial charge in [-0.25, -0.2) is 0 Å². The van der Waals surface area contributed by atoms with Crippen molar-refractivity contribution in [3.63, 3.8) is 0 Å². The smallest absolute Gasteiger partial charge is 0.264 e. The Hall–Kier alpha value is -2.54. The first-order valence-electron chi connectivity index (χ1n) is 8.49. The van der Waals surface area contributed by atoms with E-state index >= 15 is 0 Å². The monoisotopic (exact) mass is 432 g/mol. The van der Waals surface area contributed by atoms with Crippen LogP contribution < -0.4 is 14.2 Å². The highest BCUT2D eigenvalue weighted by atomic mass is 79.9. The zero-order valence-electron chi connectivity index (χ0n) is 15.7. The lowest BCUT2D eigenvalue weighted by atomic mass is 10.0. The van der Waals surface area contributed by atoms with Crippen LogP contribution in [0.3, 0.4) is 0 Å². The third kappa shape index (κ3) is 4.42. The number of ether oxygens (including phenoxy) is 3. The summed E-state index contributed by atoms with van der Waals surface area (Å²) in [6.45, 7) is 4.48. The predicted octanol–water partition coefficient (Wildman–Crippen LogP) is 5.22. The molecule has 2 aromatic carbocycles. The minimum Gasteiger partial charge on any atom is -0.493 e. The van der Waals surface area contributed by atoms with Crippen molar-refractivity contribution in [1.29, 1.82) is 0 Å². The van der Waals surface area contributed by atoms with Gasteiger partial charge in [0.15, 0.2) is 18.1 Å². The van der Waals surface area contributed by atoms with Crippen LogP contribution in [-0.2, 0) is 6.61 Å². The standard InChI is InChI=1S/C20H21BrN2O4/c1-12(2)13-5-7-16(15(21)9-13)26-11-19-22-20(23-27-19)14-6-8-17(24-3)18(10-14)25-4/h5-10,12H,11H2,1-4H3. The second-order valence-electron chi connectivity index (χ2n) is 6.21. The Morgan fingerprint density at radius 2 is 1.74 bits per heavy atom. The van der Waals surface area contributed by atoms with E-state index < -0.39 is 0 Å². The van der Waals surface area contributed by atoms with Crippen molar-refractivity contribution < 1.29 is 18.7 Å². The molecule has 0 atom stereocenters. The first-order valence-corrected chi connectivity index (χ1v) is 9.28. The lowest BCUT2D eigenvalue weighted by Gasteiger charge is -2.10. The number of halogens is 1. The van der Waals surface area contributed by atoms with Crippen molar-refractivity contribution in [3.8, 4) is 28.6 Å². The quantitative estimate of drug-likeness (QED) is 0.509. The molecule has 0 saturated heterocycles. The topological polar surface area (TPSA) is 66.6 Å². The minimum absolute atomic E-state index is 0.180. The maximum atomic E-state index is 5.80. The summed E-state index contributed by atoms with van der Waals surface area (Å²) in [4.78, 5) is 4.39. The highest BCUT2D eigenvalue weighted by molar-refractivity contribution is 9.10. The molecule has 1 heterocycles. The highest BCUT2D eigenvalue weighted by Crippen LogP contribution is 2.32. The van der Waals surface area contributed by atoms with Crippen molar-refractivity contribution >= 4 is 15.9 Å². The van der Waals surface area contributed by atoms with E-state index in [9.17, 15) is 0 Å². The molecule has 1 aromatic heterocycles. The van der Waals surface area contributed by atoms with Crippen LogP contribution in [0.5, 0.6) is 17.2 Å². The molecule has 0 bridgehead atoms. The summed E-state index contributed by atoms with van der Waals surface area (Å²) in [6.07, 6.45) is 0. The molecule has 142 valence electrons. The van der Waals surface area contributed by atoms with Gasteiger partial charge in [0.1, 0.15) is 5.75 Å². The van der Waals surface area contributed by atoms with Crippen LogP contribution in [-0.4, -0.2) is 24.4 Å². The van der Waals surface area contributed by atoms with Gasteiger partial charge in [-0.15, -0.1) is 0 Å². The van der Waals surface area contributed by atoms with Crippen molar-refractivity contribution in [2.75, 3.05) is 14.2 Å². The number of rotatable bonds is 7. The molecule has 0 aliphatic heterocycles. The Kier molecular flexibility index (Phi) is 6.01. The number of hydrogen-bond donors (Lipinski definition) is 0. The average Bonchev–Trinajstić information content (AvgIpc) is 3.15. The summed E-state index contributed by atoms with van der Waals surface area (Å²) in [7, 11) is 3.17. The largest absolute Gasteiger partial charge is 0.493 e. The van der Waals surface area contributed by atoms with E-state index in [0.29, 0.717) is 29.1 Å². The molecule has 0 aliphatic rings. The third-order valence-corrected chi connectivity index (χ3v) is 4.70. The number of aromatic nitrogens is 2. The van der Waals surface area contributed by atoms with Crippen LogP contribution >= 0.6 is 15.9 Å². The number of nitrogens with zero attached hydrogens (tertiary/aromatic N) is 2. The number of hydrogen-bond acceptors (Lipinski definition) is 6. The van der Waals surface area contributed by atoms with Gasteiger partial charge in [0.2, 0.25) is 5.82 Å². The molecule has 0 fully saturated rings. The Morgan fingerprint density at radius 3 is 2.41 bits per heavy atom. The summed E-state index contributed by atoms with van der Waals surface area (Å²) < 4.78 is 22.5. The van der Waals surface area contributed by atoms with Gasteiger partial charge in [-0.2, -0.15) is 4.98 Å². The van der Waals surface area contributed by atoms with E-state index in [1.165, 1.54) is 5.56 Å². The van der Waals surface area contributed by atoms with E-state index in [1.807, 2.05) is 18.2 Å². The average molecular weight is 433 g/mol. The second kappa shape index (κ2) is 8.43. The van der Waals surface area contributed by atoms with Gasteiger partial charge in [0, 0.05) is 5.56 Å². The third-order valence-electron chi connectivity index (χ3n) is 4.08. The molecule has 0 unspecified atom stereocenters. The Bertz CT molecular complexity index is 924. The van der Waals surface area contributed by atoms with Gasteiger partial charge in [-0.3, -0.25) is 0 Å². The number of benzene rings is 2. The van der Waals surface area contributed by atoms with Gasteiger partial charge < -0.3 is 18.7 Å². The fourth-order valence-corrected chi connectivity index (χ4v) is 3.05. The second-order valence-corrected chi connectivity index (χ2v) is 7.07.